The monoisotopic (exact) mass is 408 g/mol. The second kappa shape index (κ2) is 7.64. The second-order valence-corrected chi connectivity index (χ2v) is 6.93. The van der Waals surface area contributed by atoms with E-state index in [0.717, 1.165) is 5.56 Å². The van der Waals surface area contributed by atoms with Crippen LogP contribution in [0.4, 0.5) is 11.4 Å². The van der Waals surface area contributed by atoms with Crippen molar-refractivity contribution in [3.05, 3.63) is 86.5 Å². The first-order chi connectivity index (χ1) is 14.0. The molecule has 4 rings (SSSR count). The van der Waals surface area contributed by atoms with E-state index in [9.17, 15) is 20.2 Å². The Morgan fingerprint density at radius 2 is 1.66 bits per heavy atom. The van der Waals surface area contributed by atoms with Crippen LogP contribution in [0.5, 0.6) is 0 Å². The third kappa shape index (κ3) is 3.89. The Balaban J connectivity index is 1.59. The van der Waals surface area contributed by atoms with Crippen LogP contribution in [0.15, 0.2) is 65.8 Å². The lowest BCUT2D eigenvalue weighted by Crippen LogP contribution is -1.97. The van der Waals surface area contributed by atoms with Gasteiger partial charge in [-0.3, -0.25) is 20.2 Å². The van der Waals surface area contributed by atoms with Gasteiger partial charge in [0.2, 0.25) is 5.16 Å². The largest absolute Gasteiger partial charge is 0.270 e. The molecule has 0 fully saturated rings. The zero-order valence-electron chi connectivity index (χ0n) is 14.7. The molecule has 0 aliphatic heterocycles. The number of thioether (sulfide) groups is 1. The van der Waals surface area contributed by atoms with E-state index in [1.54, 1.807) is 40.9 Å². The van der Waals surface area contributed by atoms with Gasteiger partial charge in [0, 0.05) is 35.6 Å². The summed E-state index contributed by atoms with van der Waals surface area (Å²) in [5.74, 6) is 0.529. The van der Waals surface area contributed by atoms with Gasteiger partial charge in [0.15, 0.2) is 5.65 Å². The van der Waals surface area contributed by atoms with Crippen LogP contribution in [0.25, 0.3) is 16.9 Å². The molecular formula is C18H12N6O4S. The number of nitro benzene ring substituents is 2. The van der Waals surface area contributed by atoms with E-state index >= 15 is 0 Å². The molecule has 144 valence electrons. The molecule has 0 spiro atoms. The lowest BCUT2D eigenvalue weighted by Gasteiger charge is -2.04. The van der Waals surface area contributed by atoms with E-state index in [-0.39, 0.29) is 11.4 Å². The summed E-state index contributed by atoms with van der Waals surface area (Å²) in [5.41, 5.74) is 2.63. The van der Waals surface area contributed by atoms with Crippen molar-refractivity contribution >= 4 is 28.8 Å². The van der Waals surface area contributed by atoms with E-state index in [1.807, 2.05) is 0 Å². The Kier molecular flexibility index (Phi) is 4.87. The van der Waals surface area contributed by atoms with Crippen molar-refractivity contribution in [2.75, 3.05) is 0 Å². The number of nitro groups is 2. The Labute approximate surface area is 167 Å². The standard InChI is InChI=1S/C18H12N6O4S/c25-23(26)14-6-4-12(5-7-14)11-29-18-20-19-17-9-8-16(21-22(17)18)13-2-1-3-15(10-13)24(27)28/h1-10H,11H2. The van der Waals surface area contributed by atoms with Gasteiger partial charge < -0.3 is 0 Å². The maximum Gasteiger partial charge on any atom is 0.270 e. The topological polar surface area (TPSA) is 129 Å². The van der Waals surface area contributed by atoms with Crippen molar-refractivity contribution < 1.29 is 9.85 Å². The quantitative estimate of drug-likeness (QED) is 0.267. The van der Waals surface area contributed by atoms with E-state index in [4.69, 9.17) is 0 Å². The van der Waals surface area contributed by atoms with Crippen LogP contribution in [-0.4, -0.2) is 29.7 Å². The van der Waals surface area contributed by atoms with Crippen LogP contribution in [0.2, 0.25) is 0 Å². The molecule has 2 aromatic heterocycles. The van der Waals surface area contributed by atoms with Crippen LogP contribution >= 0.6 is 11.8 Å². The second-order valence-electron chi connectivity index (χ2n) is 5.99. The van der Waals surface area contributed by atoms with Crippen molar-refractivity contribution in [2.45, 2.75) is 10.9 Å². The average Bonchev–Trinajstić information content (AvgIpc) is 3.15. The molecule has 11 heteroatoms. The molecular weight excluding hydrogens is 396 g/mol. The molecule has 0 saturated carbocycles. The Morgan fingerprint density at radius 3 is 2.38 bits per heavy atom. The number of non-ortho nitro benzene ring substituents is 2. The molecule has 10 nitrogen and oxygen atoms in total. The highest BCUT2D eigenvalue weighted by Crippen LogP contribution is 2.25. The first-order valence-corrected chi connectivity index (χ1v) is 9.33. The smallest absolute Gasteiger partial charge is 0.258 e. The minimum absolute atomic E-state index is 0.0130. The maximum atomic E-state index is 11.0. The highest BCUT2D eigenvalue weighted by molar-refractivity contribution is 7.98. The van der Waals surface area contributed by atoms with Crippen molar-refractivity contribution in [2.24, 2.45) is 0 Å². The molecule has 0 unspecified atom stereocenters. The molecule has 0 radical (unpaired) electrons. The van der Waals surface area contributed by atoms with Gasteiger partial charge >= 0.3 is 0 Å². The van der Waals surface area contributed by atoms with Gasteiger partial charge in [-0.2, -0.15) is 9.61 Å². The molecule has 0 aliphatic rings. The van der Waals surface area contributed by atoms with Gasteiger partial charge in [-0.05, 0) is 17.7 Å². The predicted molar refractivity (Wildman–Crippen MR) is 106 cm³/mol. The third-order valence-corrected chi connectivity index (χ3v) is 5.09. The van der Waals surface area contributed by atoms with Crippen LogP contribution in [0, 0.1) is 20.2 Å². The predicted octanol–water partition coefficient (Wildman–Crippen LogP) is 3.90. The van der Waals surface area contributed by atoms with E-state index in [2.05, 4.69) is 15.3 Å². The van der Waals surface area contributed by atoms with Crippen molar-refractivity contribution in [3.8, 4) is 11.3 Å². The molecule has 29 heavy (non-hydrogen) atoms. The van der Waals surface area contributed by atoms with Crippen LogP contribution in [0.3, 0.4) is 0 Å². The van der Waals surface area contributed by atoms with Crippen molar-refractivity contribution in [3.63, 3.8) is 0 Å². The van der Waals surface area contributed by atoms with E-state index < -0.39 is 9.85 Å². The summed E-state index contributed by atoms with van der Waals surface area (Å²) in [7, 11) is 0. The highest BCUT2D eigenvalue weighted by Gasteiger charge is 2.12. The normalized spacial score (nSPS) is 10.9. The number of benzene rings is 2. The van der Waals surface area contributed by atoms with Crippen molar-refractivity contribution in [1.82, 2.24) is 19.8 Å². The van der Waals surface area contributed by atoms with Gasteiger partial charge in [0.05, 0.1) is 15.5 Å². The highest BCUT2D eigenvalue weighted by atomic mass is 32.2. The Hall–Kier alpha value is -3.86. The zero-order valence-corrected chi connectivity index (χ0v) is 15.5. The minimum Gasteiger partial charge on any atom is -0.258 e. The van der Waals surface area contributed by atoms with Gasteiger partial charge in [0.25, 0.3) is 11.4 Å². The minimum atomic E-state index is -0.452. The first-order valence-electron chi connectivity index (χ1n) is 8.35. The lowest BCUT2D eigenvalue weighted by atomic mass is 10.1. The summed E-state index contributed by atoms with van der Waals surface area (Å²) >= 11 is 1.38. The summed E-state index contributed by atoms with van der Waals surface area (Å²) in [6.45, 7) is 0. The summed E-state index contributed by atoms with van der Waals surface area (Å²) in [4.78, 5) is 20.9. The molecule has 0 aliphatic carbocycles. The van der Waals surface area contributed by atoms with Gasteiger partial charge in [-0.1, -0.05) is 36.0 Å². The Bertz CT molecular complexity index is 1220. The fourth-order valence-electron chi connectivity index (χ4n) is 2.65. The van der Waals surface area contributed by atoms with E-state index in [1.165, 1.54) is 36.0 Å². The zero-order chi connectivity index (χ0) is 20.4. The summed E-state index contributed by atoms with van der Waals surface area (Å²) in [5, 5.41) is 35.0. The number of fused-ring (bicyclic) bond motifs is 1. The summed E-state index contributed by atoms with van der Waals surface area (Å²) < 4.78 is 1.57. The molecule has 4 aromatic rings. The van der Waals surface area contributed by atoms with Crippen LogP contribution in [0.1, 0.15) is 5.56 Å². The molecule has 0 bridgehead atoms. The van der Waals surface area contributed by atoms with E-state index in [0.29, 0.717) is 27.8 Å². The Morgan fingerprint density at radius 1 is 0.897 bits per heavy atom. The van der Waals surface area contributed by atoms with Crippen molar-refractivity contribution in [1.29, 1.82) is 0 Å². The number of nitrogens with zero attached hydrogens (tertiary/aromatic N) is 6. The molecule has 0 amide bonds. The fraction of sp³-hybridized carbons (Fsp3) is 0.0556. The molecule has 2 aromatic carbocycles. The summed E-state index contributed by atoms with van der Waals surface area (Å²) in [6.07, 6.45) is 0. The average molecular weight is 408 g/mol. The fourth-order valence-corrected chi connectivity index (χ4v) is 3.50. The molecule has 0 N–H and O–H groups in total. The summed E-state index contributed by atoms with van der Waals surface area (Å²) in [6, 6.07) is 16.0. The molecule has 0 saturated heterocycles. The maximum absolute atomic E-state index is 11.0. The number of aromatic nitrogens is 4. The third-order valence-electron chi connectivity index (χ3n) is 4.10. The number of rotatable bonds is 6. The van der Waals surface area contributed by atoms with Crippen LogP contribution < -0.4 is 0 Å². The lowest BCUT2D eigenvalue weighted by molar-refractivity contribution is -0.385. The van der Waals surface area contributed by atoms with Gasteiger partial charge in [-0.25, -0.2) is 0 Å². The SMILES string of the molecule is O=[N+]([O-])c1ccc(CSc2nnc3ccc(-c4cccc([N+](=O)[O-])c4)nn23)cc1. The first kappa shape index (κ1) is 18.5. The van der Waals surface area contributed by atoms with Gasteiger partial charge in [-0.15, -0.1) is 10.2 Å². The molecule has 0 atom stereocenters. The number of hydrogen-bond donors (Lipinski definition) is 0. The number of hydrogen-bond acceptors (Lipinski definition) is 8. The van der Waals surface area contributed by atoms with Crippen LogP contribution in [-0.2, 0) is 5.75 Å². The molecule has 2 heterocycles. The van der Waals surface area contributed by atoms with Gasteiger partial charge in [0.1, 0.15) is 0 Å².